The van der Waals surface area contributed by atoms with Gasteiger partial charge in [-0.25, -0.2) is 9.97 Å². The average molecular weight is 418 g/mol. The monoisotopic (exact) mass is 417 g/mol. The SMILES string of the molecule is CCN1CCN(c2ccnc(NC(=O)c3sc(C4CNCCO4)nc3C)n2)CC1. The summed E-state index contributed by atoms with van der Waals surface area (Å²) in [6.07, 6.45) is 1.59. The Hall–Kier alpha value is -2.14. The van der Waals surface area contributed by atoms with E-state index in [-0.39, 0.29) is 12.0 Å². The van der Waals surface area contributed by atoms with Gasteiger partial charge in [-0.15, -0.1) is 11.3 Å². The van der Waals surface area contributed by atoms with Gasteiger partial charge in [0.2, 0.25) is 5.95 Å². The molecule has 1 unspecified atom stereocenters. The fraction of sp³-hybridized carbons (Fsp3) is 0.579. The third-order valence-electron chi connectivity index (χ3n) is 5.23. The summed E-state index contributed by atoms with van der Waals surface area (Å²) in [5.74, 6) is 0.924. The van der Waals surface area contributed by atoms with Gasteiger partial charge in [0.25, 0.3) is 5.91 Å². The second kappa shape index (κ2) is 9.12. The van der Waals surface area contributed by atoms with Crippen LogP contribution in [-0.2, 0) is 4.74 Å². The molecule has 2 fully saturated rings. The van der Waals surface area contributed by atoms with Gasteiger partial charge in [-0.05, 0) is 19.5 Å². The quantitative estimate of drug-likeness (QED) is 0.752. The van der Waals surface area contributed by atoms with E-state index in [1.165, 1.54) is 11.3 Å². The molecule has 4 heterocycles. The lowest BCUT2D eigenvalue weighted by atomic mass is 10.3. The van der Waals surface area contributed by atoms with Crippen molar-refractivity contribution in [1.29, 1.82) is 0 Å². The number of thiazole rings is 1. The van der Waals surface area contributed by atoms with Crippen LogP contribution in [0.3, 0.4) is 0 Å². The maximum Gasteiger partial charge on any atom is 0.270 e. The summed E-state index contributed by atoms with van der Waals surface area (Å²) in [6.45, 7) is 11.2. The third-order valence-corrected chi connectivity index (χ3v) is 6.48. The van der Waals surface area contributed by atoms with Crippen LogP contribution in [0.15, 0.2) is 12.3 Å². The van der Waals surface area contributed by atoms with Crippen molar-refractivity contribution in [2.45, 2.75) is 20.0 Å². The van der Waals surface area contributed by atoms with Crippen molar-refractivity contribution in [2.75, 3.05) is 62.6 Å². The molecule has 0 aliphatic carbocycles. The smallest absolute Gasteiger partial charge is 0.270 e. The molecule has 0 bridgehead atoms. The Kier molecular flexibility index (Phi) is 6.34. The first kappa shape index (κ1) is 20.1. The molecule has 2 aromatic heterocycles. The molecule has 156 valence electrons. The molecular formula is C19H27N7O2S. The highest BCUT2D eigenvalue weighted by molar-refractivity contribution is 7.14. The molecule has 1 amide bonds. The molecule has 2 aliphatic heterocycles. The molecule has 29 heavy (non-hydrogen) atoms. The number of morpholine rings is 1. The Balaban J connectivity index is 1.43. The third kappa shape index (κ3) is 4.72. The molecule has 2 N–H and O–H groups in total. The van der Waals surface area contributed by atoms with E-state index in [2.05, 4.69) is 42.3 Å². The number of carbonyl (C=O) groups excluding carboxylic acids is 1. The maximum atomic E-state index is 12.8. The van der Waals surface area contributed by atoms with Crippen LogP contribution in [0.4, 0.5) is 11.8 Å². The molecule has 4 rings (SSSR count). The standard InChI is InChI=1S/C19H27N7O2S/c1-3-25-7-9-26(10-8-25)15-4-5-21-19(23-15)24-17(27)16-13(2)22-18(29-16)14-12-20-6-11-28-14/h4-5,14,20H,3,6-12H2,1-2H3,(H,21,23,24,27). The van der Waals surface area contributed by atoms with E-state index < -0.39 is 0 Å². The van der Waals surface area contributed by atoms with Gasteiger partial charge in [0.05, 0.1) is 12.3 Å². The number of nitrogens with one attached hydrogen (secondary N) is 2. The zero-order chi connectivity index (χ0) is 20.2. The fourth-order valence-electron chi connectivity index (χ4n) is 3.53. The number of rotatable bonds is 5. The minimum absolute atomic E-state index is 0.102. The maximum absolute atomic E-state index is 12.8. The van der Waals surface area contributed by atoms with Crippen LogP contribution in [-0.4, -0.2) is 78.2 Å². The second-order valence-electron chi connectivity index (χ2n) is 7.14. The van der Waals surface area contributed by atoms with Gasteiger partial charge in [-0.3, -0.25) is 10.1 Å². The minimum atomic E-state index is -0.233. The summed E-state index contributed by atoms with van der Waals surface area (Å²) < 4.78 is 5.75. The summed E-state index contributed by atoms with van der Waals surface area (Å²) in [5, 5.41) is 6.94. The van der Waals surface area contributed by atoms with E-state index in [1.54, 1.807) is 6.20 Å². The highest BCUT2D eigenvalue weighted by Gasteiger charge is 2.24. The van der Waals surface area contributed by atoms with Crippen molar-refractivity contribution in [3.05, 3.63) is 27.8 Å². The van der Waals surface area contributed by atoms with E-state index in [0.29, 0.717) is 29.7 Å². The first-order chi connectivity index (χ1) is 14.1. The first-order valence-electron chi connectivity index (χ1n) is 10.1. The van der Waals surface area contributed by atoms with E-state index in [1.807, 2.05) is 13.0 Å². The lowest BCUT2D eigenvalue weighted by molar-refractivity contribution is 0.0275. The van der Waals surface area contributed by atoms with Crippen LogP contribution in [0.25, 0.3) is 0 Å². The number of nitrogens with zero attached hydrogens (tertiary/aromatic N) is 5. The highest BCUT2D eigenvalue weighted by atomic mass is 32.1. The normalized spacial score (nSPS) is 20.6. The zero-order valence-corrected chi connectivity index (χ0v) is 17.7. The number of aromatic nitrogens is 3. The lowest BCUT2D eigenvalue weighted by Crippen LogP contribution is -2.46. The van der Waals surface area contributed by atoms with Crippen molar-refractivity contribution < 1.29 is 9.53 Å². The number of amides is 1. The fourth-order valence-corrected chi connectivity index (χ4v) is 4.54. The largest absolute Gasteiger partial charge is 0.368 e. The second-order valence-corrected chi connectivity index (χ2v) is 8.17. The Morgan fingerprint density at radius 3 is 2.90 bits per heavy atom. The van der Waals surface area contributed by atoms with Crippen LogP contribution >= 0.6 is 11.3 Å². The molecule has 2 aliphatic rings. The molecule has 0 saturated carbocycles. The molecule has 9 nitrogen and oxygen atoms in total. The topological polar surface area (TPSA) is 95.5 Å². The predicted octanol–water partition coefficient (Wildman–Crippen LogP) is 1.30. The van der Waals surface area contributed by atoms with Gasteiger partial charge >= 0.3 is 0 Å². The van der Waals surface area contributed by atoms with Crippen molar-refractivity contribution in [2.24, 2.45) is 0 Å². The highest BCUT2D eigenvalue weighted by Crippen LogP contribution is 2.27. The van der Waals surface area contributed by atoms with Crippen molar-refractivity contribution >= 4 is 29.0 Å². The van der Waals surface area contributed by atoms with Crippen LogP contribution in [0.5, 0.6) is 0 Å². The Bertz CT molecular complexity index is 845. The van der Waals surface area contributed by atoms with Crippen LogP contribution < -0.4 is 15.5 Å². The summed E-state index contributed by atoms with van der Waals surface area (Å²) >= 11 is 1.37. The number of likely N-dealkylation sites (N-methyl/N-ethyl adjacent to an activating group) is 1. The Labute approximate surface area is 174 Å². The molecule has 2 aromatic rings. The number of piperazine rings is 1. The van der Waals surface area contributed by atoms with Gasteiger partial charge in [0.15, 0.2) is 0 Å². The van der Waals surface area contributed by atoms with E-state index >= 15 is 0 Å². The number of anilines is 2. The number of hydrogen-bond acceptors (Lipinski definition) is 9. The van der Waals surface area contributed by atoms with Gasteiger partial charge in [-0.2, -0.15) is 4.98 Å². The number of ether oxygens (including phenoxy) is 1. The summed E-state index contributed by atoms with van der Waals surface area (Å²) in [5.41, 5.74) is 0.698. The molecular weight excluding hydrogens is 390 g/mol. The van der Waals surface area contributed by atoms with E-state index in [0.717, 1.165) is 50.1 Å². The van der Waals surface area contributed by atoms with Crippen LogP contribution in [0.1, 0.15) is 33.4 Å². The Morgan fingerprint density at radius 1 is 1.34 bits per heavy atom. The number of aryl methyl sites for hydroxylation is 1. The Morgan fingerprint density at radius 2 is 2.17 bits per heavy atom. The molecule has 2 saturated heterocycles. The zero-order valence-electron chi connectivity index (χ0n) is 16.8. The van der Waals surface area contributed by atoms with Gasteiger partial charge < -0.3 is 19.9 Å². The van der Waals surface area contributed by atoms with E-state index in [9.17, 15) is 4.79 Å². The van der Waals surface area contributed by atoms with Crippen molar-refractivity contribution in [1.82, 2.24) is 25.2 Å². The summed E-state index contributed by atoms with van der Waals surface area (Å²) in [6, 6.07) is 1.89. The molecule has 0 spiro atoms. The molecule has 1 atom stereocenters. The van der Waals surface area contributed by atoms with Gasteiger partial charge in [-0.1, -0.05) is 6.92 Å². The molecule has 10 heteroatoms. The van der Waals surface area contributed by atoms with E-state index in [4.69, 9.17) is 4.74 Å². The molecule has 0 radical (unpaired) electrons. The predicted molar refractivity (Wildman–Crippen MR) is 113 cm³/mol. The van der Waals surface area contributed by atoms with Crippen molar-refractivity contribution in [3.8, 4) is 0 Å². The summed E-state index contributed by atoms with van der Waals surface area (Å²) in [7, 11) is 0. The van der Waals surface area contributed by atoms with Gasteiger partial charge in [0, 0.05) is 45.5 Å². The van der Waals surface area contributed by atoms with Gasteiger partial charge in [0.1, 0.15) is 21.8 Å². The summed E-state index contributed by atoms with van der Waals surface area (Å²) in [4.78, 5) is 31.3. The minimum Gasteiger partial charge on any atom is -0.368 e. The number of hydrogen-bond donors (Lipinski definition) is 2. The average Bonchev–Trinajstić information content (AvgIpc) is 3.16. The first-order valence-corrected chi connectivity index (χ1v) is 10.9. The van der Waals surface area contributed by atoms with Crippen LogP contribution in [0, 0.1) is 6.92 Å². The number of carbonyl (C=O) groups is 1. The van der Waals surface area contributed by atoms with Crippen molar-refractivity contribution in [3.63, 3.8) is 0 Å². The lowest BCUT2D eigenvalue weighted by Gasteiger charge is -2.34. The van der Waals surface area contributed by atoms with Crippen LogP contribution in [0.2, 0.25) is 0 Å². The molecule has 0 aromatic carbocycles.